The highest BCUT2D eigenvalue weighted by Gasteiger charge is 2.34. The molecule has 1 saturated carbocycles. The summed E-state index contributed by atoms with van der Waals surface area (Å²) in [5.74, 6) is -0.463. The van der Waals surface area contributed by atoms with Gasteiger partial charge in [-0.2, -0.15) is 0 Å². The molecule has 0 unspecified atom stereocenters. The van der Waals surface area contributed by atoms with E-state index in [1.165, 1.54) is 15.3 Å². The molecule has 0 spiro atoms. The molecule has 240 valence electrons. The van der Waals surface area contributed by atoms with Gasteiger partial charge < -0.3 is 14.8 Å². The van der Waals surface area contributed by atoms with Crippen LogP contribution < -0.4 is 14.4 Å². The van der Waals surface area contributed by atoms with Crippen LogP contribution >= 0.6 is 0 Å². The number of anilines is 1. The zero-order chi connectivity index (χ0) is 31.9. The average molecular weight is 628 g/mol. The summed E-state index contributed by atoms with van der Waals surface area (Å²) in [4.78, 5) is 42.6. The minimum atomic E-state index is -3.49. The van der Waals surface area contributed by atoms with Gasteiger partial charge in [0.25, 0.3) is 5.91 Å². The number of ketones is 1. The summed E-state index contributed by atoms with van der Waals surface area (Å²) in [5.41, 5.74) is 0.643. The molecule has 1 aliphatic heterocycles. The highest BCUT2D eigenvalue weighted by atomic mass is 32.2. The molecule has 0 aromatic heterocycles. The normalized spacial score (nSPS) is 17.5. The number of rotatable bonds is 11. The molecule has 2 aliphatic rings. The number of nitrogens with zero attached hydrogens (tertiary/aromatic N) is 2. The van der Waals surface area contributed by atoms with Gasteiger partial charge in [-0.05, 0) is 71.1 Å². The van der Waals surface area contributed by atoms with Crippen molar-refractivity contribution in [3.05, 3.63) is 59.7 Å². The molecule has 2 aromatic rings. The van der Waals surface area contributed by atoms with Crippen LogP contribution in [0.2, 0.25) is 0 Å². The van der Waals surface area contributed by atoms with Gasteiger partial charge in [-0.25, -0.2) is 13.2 Å². The predicted molar refractivity (Wildman–Crippen MR) is 170 cm³/mol. The molecule has 1 atom stereocenters. The van der Waals surface area contributed by atoms with Crippen LogP contribution in [-0.2, 0) is 26.0 Å². The molecule has 1 aliphatic carbocycles. The maximum absolute atomic E-state index is 14.0. The first kappa shape index (κ1) is 33.3. The van der Waals surface area contributed by atoms with Gasteiger partial charge in [-0.1, -0.05) is 49.6 Å². The largest absolute Gasteiger partial charge is 0.494 e. The second-order valence-corrected chi connectivity index (χ2v) is 14.5. The zero-order valence-electron chi connectivity index (χ0n) is 26.2. The number of hydrogen-bond donors (Lipinski definition) is 1. The molecule has 4 rings (SSSR count). The Morgan fingerprint density at radius 2 is 1.73 bits per heavy atom. The molecule has 10 nitrogen and oxygen atoms in total. The van der Waals surface area contributed by atoms with Gasteiger partial charge in [0.15, 0.2) is 5.78 Å². The molecule has 2 aromatic carbocycles. The summed E-state index contributed by atoms with van der Waals surface area (Å²) < 4.78 is 38.0. The Morgan fingerprint density at radius 1 is 1.02 bits per heavy atom. The van der Waals surface area contributed by atoms with Crippen LogP contribution in [-0.4, -0.2) is 74.2 Å². The number of ether oxygens (including phenoxy) is 2. The first-order valence-corrected chi connectivity index (χ1v) is 17.1. The first-order valence-electron chi connectivity index (χ1n) is 15.5. The Kier molecular flexibility index (Phi) is 10.9. The molecule has 0 radical (unpaired) electrons. The third-order valence-electron chi connectivity index (χ3n) is 7.80. The van der Waals surface area contributed by atoms with Crippen molar-refractivity contribution in [2.45, 2.75) is 90.3 Å². The quantitative estimate of drug-likeness (QED) is 0.368. The van der Waals surface area contributed by atoms with Gasteiger partial charge in [-0.3, -0.25) is 18.8 Å². The van der Waals surface area contributed by atoms with Crippen LogP contribution in [0.4, 0.5) is 10.5 Å². The van der Waals surface area contributed by atoms with Crippen molar-refractivity contribution in [2.75, 3.05) is 29.8 Å². The SMILES string of the molecule is CCOc1cc(C(=O)N[C@@H](Cc2ccccc2)C(=O)CN(C(=O)OC(C)(C)C)C2CCCCC2)cc(N2CCCS2(=O)=O)c1. The highest BCUT2D eigenvalue weighted by Crippen LogP contribution is 2.30. The summed E-state index contributed by atoms with van der Waals surface area (Å²) in [6, 6.07) is 13.0. The van der Waals surface area contributed by atoms with Gasteiger partial charge in [0.2, 0.25) is 10.0 Å². The second kappa shape index (κ2) is 14.5. The first-order chi connectivity index (χ1) is 20.9. The maximum atomic E-state index is 14.0. The highest BCUT2D eigenvalue weighted by molar-refractivity contribution is 7.93. The number of carbonyl (C=O) groups is 3. The number of amides is 2. The lowest BCUT2D eigenvalue weighted by Gasteiger charge is -2.36. The lowest BCUT2D eigenvalue weighted by atomic mass is 9.93. The number of nitrogens with one attached hydrogen (secondary N) is 1. The molecule has 1 N–H and O–H groups in total. The van der Waals surface area contributed by atoms with E-state index in [2.05, 4.69) is 5.32 Å². The number of benzene rings is 2. The molecular formula is C33H45N3O7S. The Balaban J connectivity index is 1.62. The van der Waals surface area contributed by atoms with Crippen molar-refractivity contribution in [3.8, 4) is 5.75 Å². The van der Waals surface area contributed by atoms with E-state index in [1.807, 2.05) is 30.3 Å². The predicted octanol–water partition coefficient (Wildman–Crippen LogP) is 5.11. The Hall–Kier alpha value is -3.60. The molecule has 1 heterocycles. The molecule has 2 fully saturated rings. The fourth-order valence-electron chi connectivity index (χ4n) is 5.71. The number of carbonyl (C=O) groups excluding carboxylic acids is 3. The van der Waals surface area contributed by atoms with Crippen LogP contribution in [0.3, 0.4) is 0 Å². The van der Waals surface area contributed by atoms with Crippen molar-refractivity contribution in [1.82, 2.24) is 10.2 Å². The van der Waals surface area contributed by atoms with Gasteiger partial charge >= 0.3 is 6.09 Å². The van der Waals surface area contributed by atoms with Gasteiger partial charge in [-0.15, -0.1) is 0 Å². The van der Waals surface area contributed by atoms with Crippen LogP contribution in [0.15, 0.2) is 48.5 Å². The number of Topliss-reactive ketones (excluding diaryl/α,β-unsaturated/α-hetero) is 1. The van der Waals surface area contributed by atoms with E-state index >= 15 is 0 Å². The Morgan fingerprint density at radius 3 is 2.34 bits per heavy atom. The fraction of sp³-hybridized carbons (Fsp3) is 0.545. The van der Waals surface area contributed by atoms with E-state index in [0.717, 1.165) is 37.7 Å². The minimum absolute atomic E-state index is 0.0379. The summed E-state index contributed by atoms with van der Waals surface area (Å²) in [5, 5.41) is 2.89. The van der Waals surface area contributed by atoms with Gasteiger partial charge in [0.1, 0.15) is 11.4 Å². The molecule has 2 amide bonds. The van der Waals surface area contributed by atoms with Crippen molar-refractivity contribution in [3.63, 3.8) is 0 Å². The smallest absolute Gasteiger partial charge is 0.410 e. The molecule has 0 bridgehead atoms. The van der Waals surface area contributed by atoms with Crippen molar-refractivity contribution in [2.24, 2.45) is 0 Å². The van der Waals surface area contributed by atoms with Crippen molar-refractivity contribution < 1.29 is 32.3 Å². The standard InChI is InChI=1S/C33H45N3O7S/c1-5-42-28-21-25(20-27(22-28)36-17-12-18-44(36,40)41)31(38)34-29(19-24-13-8-6-9-14-24)30(37)23-35(26-15-10-7-11-16-26)32(39)43-33(2,3)4/h6,8-9,13-14,20-22,26,29H,5,7,10-12,15-19,23H2,1-4H3,(H,34,38)/t29-/m0/s1. The van der Waals surface area contributed by atoms with Crippen LogP contribution in [0.5, 0.6) is 5.75 Å². The second-order valence-electron chi connectivity index (χ2n) is 12.5. The summed E-state index contributed by atoms with van der Waals surface area (Å²) in [7, 11) is -3.49. The fourth-order valence-corrected chi connectivity index (χ4v) is 7.26. The van der Waals surface area contributed by atoms with Crippen molar-refractivity contribution in [1.29, 1.82) is 0 Å². The third-order valence-corrected chi connectivity index (χ3v) is 9.67. The molecular weight excluding hydrogens is 582 g/mol. The van der Waals surface area contributed by atoms with Gasteiger partial charge in [0.05, 0.1) is 30.6 Å². The van der Waals surface area contributed by atoms with E-state index in [1.54, 1.807) is 39.8 Å². The summed E-state index contributed by atoms with van der Waals surface area (Å²) in [6.45, 7) is 7.63. The minimum Gasteiger partial charge on any atom is -0.494 e. The lowest BCUT2D eigenvalue weighted by molar-refractivity contribution is -0.122. The van der Waals surface area contributed by atoms with E-state index in [9.17, 15) is 22.8 Å². The van der Waals surface area contributed by atoms with E-state index in [0.29, 0.717) is 31.0 Å². The van der Waals surface area contributed by atoms with E-state index in [-0.39, 0.29) is 36.1 Å². The Bertz CT molecular complexity index is 1420. The number of sulfonamides is 1. The summed E-state index contributed by atoms with van der Waals surface area (Å²) >= 11 is 0. The lowest BCUT2D eigenvalue weighted by Crippen LogP contribution is -2.51. The molecule has 44 heavy (non-hydrogen) atoms. The van der Waals surface area contributed by atoms with Crippen LogP contribution in [0.1, 0.15) is 82.1 Å². The summed E-state index contributed by atoms with van der Waals surface area (Å²) in [6.07, 6.45) is 4.76. The number of hydrogen-bond acceptors (Lipinski definition) is 7. The zero-order valence-corrected chi connectivity index (χ0v) is 27.0. The maximum Gasteiger partial charge on any atom is 0.410 e. The van der Waals surface area contributed by atoms with Crippen LogP contribution in [0.25, 0.3) is 0 Å². The van der Waals surface area contributed by atoms with Gasteiger partial charge in [0, 0.05) is 24.2 Å². The molecule has 1 saturated heterocycles. The average Bonchev–Trinajstić information content (AvgIpc) is 3.34. The topological polar surface area (TPSA) is 122 Å². The monoisotopic (exact) mass is 627 g/mol. The van der Waals surface area contributed by atoms with Crippen LogP contribution in [0, 0.1) is 0 Å². The molecule has 11 heteroatoms. The third kappa shape index (κ3) is 8.97. The Labute approximate surface area is 261 Å². The van der Waals surface area contributed by atoms with E-state index in [4.69, 9.17) is 9.47 Å². The van der Waals surface area contributed by atoms with E-state index < -0.39 is 33.7 Å². The van der Waals surface area contributed by atoms with Crippen molar-refractivity contribution >= 4 is 33.5 Å².